The number of hydrogen-bond acceptors (Lipinski definition) is 2. The van der Waals surface area contributed by atoms with E-state index in [2.05, 4.69) is 17.4 Å². The van der Waals surface area contributed by atoms with Crippen molar-refractivity contribution in [2.45, 2.75) is 18.8 Å². The van der Waals surface area contributed by atoms with Gasteiger partial charge in [0.15, 0.2) is 0 Å². The summed E-state index contributed by atoms with van der Waals surface area (Å²) in [5.74, 6) is -0.324. The summed E-state index contributed by atoms with van der Waals surface area (Å²) in [7, 11) is 0. The molecule has 0 aromatic heterocycles. The maximum atomic E-state index is 13.9. The van der Waals surface area contributed by atoms with Crippen LogP contribution in [0.5, 0.6) is 0 Å². The predicted molar refractivity (Wildman–Crippen MR) is 90.3 cm³/mol. The Kier molecular flexibility index (Phi) is 4.79. The summed E-state index contributed by atoms with van der Waals surface area (Å²) in [5.41, 5.74) is 1.86. The van der Waals surface area contributed by atoms with E-state index in [1.165, 1.54) is 11.6 Å². The third-order valence-electron chi connectivity index (χ3n) is 4.80. The molecule has 2 aromatic carbocycles. The van der Waals surface area contributed by atoms with Crippen molar-refractivity contribution >= 4 is 17.9 Å². The molecule has 1 fully saturated rings. The maximum Gasteiger partial charge on any atom is 0.142 e. The van der Waals surface area contributed by atoms with Crippen LogP contribution >= 0.6 is 11.6 Å². The molecule has 1 heterocycles. The van der Waals surface area contributed by atoms with Crippen molar-refractivity contribution < 1.29 is 9.18 Å². The minimum absolute atomic E-state index is 0.0830. The number of carbonyl (C=O) groups is 1. The highest BCUT2D eigenvalue weighted by Crippen LogP contribution is 2.44. The molecule has 0 spiro atoms. The summed E-state index contributed by atoms with van der Waals surface area (Å²) in [4.78, 5) is 11.3. The molecule has 1 N–H and O–H groups in total. The van der Waals surface area contributed by atoms with Crippen LogP contribution in [-0.2, 0) is 11.2 Å². The number of rotatable bonds is 5. The van der Waals surface area contributed by atoms with Crippen LogP contribution in [0.15, 0.2) is 48.5 Å². The van der Waals surface area contributed by atoms with Gasteiger partial charge in [-0.15, -0.1) is 0 Å². The van der Waals surface area contributed by atoms with Crippen molar-refractivity contribution in [3.05, 3.63) is 70.5 Å². The maximum absolute atomic E-state index is 13.9. The molecular formula is C19H19ClFNO. The van der Waals surface area contributed by atoms with Crippen molar-refractivity contribution in [1.29, 1.82) is 0 Å². The second-order valence-electron chi connectivity index (χ2n) is 6.25. The minimum atomic E-state index is -0.407. The molecule has 0 unspecified atom stereocenters. The molecule has 23 heavy (non-hydrogen) atoms. The van der Waals surface area contributed by atoms with Crippen LogP contribution < -0.4 is 5.32 Å². The highest BCUT2D eigenvalue weighted by Gasteiger charge is 2.43. The summed E-state index contributed by atoms with van der Waals surface area (Å²) < 4.78 is 13.9. The van der Waals surface area contributed by atoms with Crippen molar-refractivity contribution in [3.63, 3.8) is 0 Å². The molecule has 0 amide bonds. The van der Waals surface area contributed by atoms with Crippen molar-refractivity contribution in [3.8, 4) is 0 Å². The number of benzene rings is 2. The first-order valence-corrected chi connectivity index (χ1v) is 8.16. The molecule has 2 atom stereocenters. The summed E-state index contributed by atoms with van der Waals surface area (Å²) in [6, 6.07) is 15.1. The van der Waals surface area contributed by atoms with E-state index in [1.54, 1.807) is 6.07 Å². The summed E-state index contributed by atoms with van der Waals surface area (Å²) >= 11 is 5.80. The molecule has 0 bridgehead atoms. The summed E-state index contributed by atoms with van der Waals surface area (Å²) in [5, 5.41) is 3.52. The van der Waals surface area contributed by atoms with Gasteiger partial charge in [-0.3, -0.25) is 0 Å². The molecule has 2 nitrogen and oxygen atoms in total. The lowest BCUT2D eigenvalue weighted by Crippen LogP contribution is -2.32. The normalized spacial score (nSPS) is 23.8. The van der Waals surface area contributed by atoms with E-state index >= 15 is 0 Å². The van der Waals surface area contributed by atoms with Crippen molar-refractivity contribution in [1.82, 2.24) is 5.32 Å². The molecule has 1 aliphatic rings. The molecule has 3 rings (SSSR count). The fourth-order valence-corrected chi connectivity index (χ4v) is 3.76. The van der Waals surface area contributed by atoms with E-state index in [0.29, 0.717) is 6.42 Å². The fraction of sp³-hybridized carbons (Fsp3) is 0.316. The minimum Gasteiger partial charge on any atom is -0.316 e. The zero-order valence-electron chi connectivity index (χ0n) is 12.8. The average molecular weight is 332 g/mol. The third-order valence-corrected chi connectivity index (χ3v) is 5.11. The first-order chi connectivity index (χ1) is 11.1. The van der Waals surface area contributed by atoms with Crippen LogP contribution in [0.1, 0.15) is 23.5 Å². The van der Waals surface area contributed by atoms with E-state index < -0.39 is 5.82 Å². The van der Waals surface area contributed by atoms with Crippen molar-refractivity contribution in [2.75, 3.05) is 13.1 Å². The van der Waals surface area contributed by atoms with Gasteiger partial charge >= 0.3 is 0 Å². The van der Waals surface area contributed by atoms with Crippen LogP contribution in [0.3, 0.4) is 0 Å². The molecule has 0 saturated carbocycles. The Balaban J connectivity index is 1.96. The lowest BCUT2D eigenvalue weighted by molar-refractivity contribution is -0.109. The largest absolute Gasteiger partial charge is 0.316 e. The topological polar surface area (TPSA) is 29.1 Å². The molecule has 1 saturated heterocycles. The van der Waals surface area contributed by atoms with E-state index in [-0.39, 0.29) is 16.4 Å². The Bertz CT molecular complexity index is 691. The Hall–Kier alpha value is -1.71. The molecule has 2 aromatic rings. The Labute approximate surface area is 140 Å². The molecule has 120 valence electrons. The Morgan fingerprint density at radius 2 is 2.04 bits per heavy atom. The number of carbonyl (C=O) groups excluding carboxylic acids is 1. The zero-order valence-corrected chi connectivity index (χ0v) is 13.5. The van der Waals surface area contributed by atoms with Crippen LogP contribution in [0.2, 0.25) is 5.02 Å². The van der Waals surface area contributed by atoms with Gasteiger partial charge in [0.25, 0.3) is 0 Å². The van der Waals surface area contributed by atoms with Gasteiger partial charge in [0.05, 0.1) is 5.02 Å². The van der Waals surface area contributed by atoms with E-state index in [4.69, 9.17) is 11.6 Å². The molecule has 4 heteroatoms. The monoisotopic (exact) mass is 331 g/mol. The first-order valence-electron chi connectivity index (χ1n) is 7.78. The van der Waals surface area contributed by atoms with Crippen LogP contribution in [-0.4, -0.2) is 19.4 Å². The summed E-state index contributed by atoms with van der Waals surface area (Å²) in [6.07, 6.45) is 2.22. The Morgan fingerprint density at radius 3 is 2.74 bits per heavy atom. The standard InChI is InChI=1S/C19H19ClFNO/c20-17-7-6-15(10-18(17)21)16-12-22-13-19(16,8-9-23)11-14-4-2-1-3-5-14/h1-7,9-10,16,22H,8,11-13H2/t16-,19+/m0/s1. The highest BCUT2D eigenvalue weighted by molar-refractivity contribution is 6.30. The van der Waals surface area contributed by atoms with Crippen molar-refractivity contribution in [2.24, 2.45) is 5.41 Å². The second kappa shape index (κ2) is 6.81. The van der Waals surface area contributed by atoms with E-state index in [0.717, 1.165) is 31.4 Å². The molecule has 0 radical (unpaired) electrons. The third kappa shape index (κ3) is 3.31. The average Bonchev–Trinajstić information content (AvgIpc) is 2.95. The summed E-state index contributed by atoms with van der Waals surface area (Å²) in [6.45, 7) is 1.48. The van der Waals surface area contributed by atoms with Gasteiger partial charge in [0.1, 0.15) is 12.1 Å². The first kappa shape index (κ1) is 16.2. The SMILES string of the molecule is O=CC[C@@]1(Cc2ccccc2)CNC[C@H]1c1ccc(Cl)c(F)c1. The highest BCUT2D eigenvalue weighted by atomic mass is 35.5. The smallest absolute Gasteiger partial charge is 0.142 e. The van der Waals surface area contributed by atoms with Crippen LogP contribution in [0, 0.1) is 11.2 Å². The van der Waals surface area contributed by atoms with Gasteiger partial charge in [-0.2, -0.15) is 0 Å². The predicted octanol–water partition coefficient (Wildman–Crippen LogP) is 3.98. The lowest BCUT2D eigenvalue weighted by atomic mass is 9.69. The number of hydrogen-bond donors (Lipinski definition) is 1. The van der Waals surface area contributed by atoms with Gasteiger partial charge in [0.2, 0.25) is 0 Å². The number of aldehydes is 1. The molecule has 0 aliphatic carbocycles. The lowest BCUT2D eigenvalue weighted by Gasteiger charge is -2.34. The number of halogens is 2. The van der Waals surface area contributed by atoms with Crippen LogP contribution in [0.4, 0.5) is 4.39 Å². The second-order valence-corrected chi connectivity index (χ2v) is 6.66. The molecular weight excluding hydrogens is 313 g/mol. The van der Waals surface area contributed by atoms with Gasteiger partial charge in [-0.25, -0.2) is 4.39 Å². The van der Waals surface area contributed by atoms with Gasteiger partial charge in [-0.1, -0.05) is 48.0 Å². The number of nitrogens with one attached hydrogen (secondary N) is 1. The van der Waals surface area contributed by atoms with Gasteiger partial charge in [-0.05, 0) is 29.7 Å². The van der Waals surface area contributed by atoms with Crippen LogP contribution in [0.25, 0.3) is 0 Å². The Morgan fingerprint density at radius 1 is 1.26 bits per heavy atom. The van der Waals surface area contributed by atoms with Gasteiger partial charge in [0, 0.05) is 30.8 Å². The fourth-order valence-electron chi connectivity index (χ4n) is 3.65. The van der Waals surface area contributed by atoms with E-state index in [9.17, 15) is 9.18 Å². The quantitative estimate of drug-likeness (QED) is 0.839. The molecule has 1 aliphatic heterocycles. The van der Waals surface area contributed by atoms with Gasteiger partial charge < -0.3 is 10.1 Å². The zero-order chi connectivity index (χ0) is 16.3. The van der Waals surface area contributed by atoms with E-state index in [1.807, 2.05) is 24.3 Å².